The lowest BCUT2D eigenvalue weighted by molar-refractivity contribution is -0.137. The molecule has 4 rings (SSSR count). The van der Waals surface area contributed by atoms with Gasteiger partial charge in [-0.1, -0.05) is 35.9 Å². The highest BCUT2D eigenvalue weighted by molar-refractivity contribution is 8.18. The van der Waals surface area contributed by atoms with Crippen molar-refractivity contribution in [2.45, 2.75) is 6.18 Å². The molecular weight excluding hydrogens is 479 g/mol. The number of carbonyl (C=O) groups excluding carboxylic acids is 2. The van der Waals surface area contributed by atoms with Gasteiger partial charge < -0.3 is 9.15 Å². The summed E-state index contributed by atoms with van der Waals surface area (Å²) in [7, 11) is 0. The molecule has 1 aliphatic rings. The number of rotatable bonds is 6. The van der Waals surface area contributed by atoms with Crippen molar-refractivity contribution in [1.82, 2.24) is 4.90 Å². The Labute approximate surface area is 195 Å². The molecule has 0 N–H and O–H groups in total. The van der Waals surface area contributed by atoms with Crippen LogP contribution in [0.15, 0.2) is 70.0 Å². The first-order chi connectivity index (χ1) is 15.7. The maximum Gasteiger partial charge on any atom is 0.416 e. The standard InChI is InChI=1S/C23H15ClF3NO4S/c24-17-6-1-2-7-19(17)31-11-10-28-21(29)20(33-22(28)30)13-16-8-9-18(32-16)14-4-3-5-15(12-14)23(25,26)27/h1-9,12-13H,10-11H2/b20-13-. The van der Waals surface area contributed by atoms with Crippen LogP contribution >= 0.6 is 23.4 Å². The van der Waals surface area contributed by atoms with Crippen LogP contribution < -0.4 is 4.74 Å². The third-order valence-corrected chi connectivity index (χ3v) is 5.88. The van der Waals surface area contributed by atoms with Crippen LogP contribution in [0.25, 0.3) is 17.4 Å². The minimum atomic E-state index is -4.47. The van der Waals surface area contributed by atoms with Gasteiger partial charge in [-0.2, -0.15) is 13.2 Å². The van der Waals surface area contributed by atoms with Crippen molar-refractivity contribution >= 4 is 40.6 Å². The van der Waals surface area contributed by atoms with E-state index < -0.39 is 22.9 Å². The number of carbonyl (C=O) groups is 2. The van der Waals surface area contributed by atoms with Gasteiger partial charge in [0.25, 0.3) is 11.1 Å². The molecule has 0 atom stereocenters. The van der Waals surface area contributed by atoms with Crippen LogP contribution in [0.4, 0.5) is 18.0 Å². The smallest absolute Gasteiger partial charge is 0.416 e. The molecule has 5 nitrogen and oxygen atoms in total. The molecular formula is C23H15ClF3NO4S. The van der Waals surface area contributed by atoms with Crippen molar-refractivity contribution in [1.29, 1.82) is 0 Å². The van der Waals surface area contributed by atoms with Gasteiger partial charge in [0.15, 0.2) is 0 Å². The largest absolute Gasteiger partial charge is 0.490 e. The predicted octanol–water partition coefficient (Wildman–Crippen LogP) is 6.73. The maximum absolute atomic E-state index is 12.9. The van der Waals surface area contributed by atoms with Gasteiger partial charge in [0.05, 0.1) is 22.0 Å². The highest BCUT2D eigenvalue weighted by Gasteiger charge is 2.35. The summed E-state index contributed by atoms with van der Waals surface area (Å²) in [4.78, 5) is 26.1. The van der Waals surface area contributed by atoms with Crippen LogP contribution in [-0.4, -0.2) is 29.2 Å². The third-order valence-electron chi connectivity index (χ3n) is 4.66. The Morgan fingerprint density at radius 2 is 1.85 bits per heavy atom. The Balaban J connectivity index is 1.44. The van der Waals surface area contributed by atoms with E-state index in [0.717, 1.165) is 28.8 Å². The van der Waals surface area contributed by atoms with Crippen molar-refractivity contribution < 1.29 is 31.9 Å². The molecule has 0 spiro atoms. The van der Waals surface area contributed by atoms with Crippen LogP contribution in [0.2, 0.25) is 5.02 Å². The molecule has 0 saturated carbocycles. The Hall–Kier alpha value is -3.17. The molecule has 1 aromatic heterocycles. The molecule has 10 heteroatoms. The predicted molar refractivity (Wildman–Crippen MR) is 119 cm³/mol. The second-order valence-electron chi connectivity index (χ2n) is 6.89. The quantitative estimate of drug-likeness (QED) is 0.356. The zero-order valence-electron chi connectivity index (χ0n) is 16.8. The minimum Gasteiger partial charge on any atom is -0.490 e. The third kappa shape index (κ3) is 5.26. The van der Waals surface area contributed by atoms with Gasteiger partial charge in [-0.05, 0) is 48.2 Å². The first-order valence-corrected chi connectivity index (χ1v) is 10.8. The van der Waals surface area contributed by atoms with E-state index in [1.807, 2.05) is 0 Å². The van der Waals surface area contributed by atoms with Gasteiger partial charge in [0.2, 0.25) is 0 Å². The first kappa shape index (κ1) is 23.0. The zero-order chi connectivity index (χ0) is 23.6. The number of para-hydroxylation sites is 1. The normalized spacial score (nSPS) is 15.5. The van der Waals surface area contributed by atoms with Gasteiger partial charge in [-0.3, -0.25) is 14.5 Å². The van der Waals surface area contributed by atoms with Crippen molar-refractivity contribution in [3.63, 3.8) is 0 Å². The van der Waals surface area contributed by atoms with Gasteiger partial charge in [-0.25, -0.2) is 0 Å². The number of hydrogen-bond acceptors (Lipinski definition) is 5. The van der Waals surface area contributed by atoms with E-state index in [1.165, 1.54) is 30.3 Å². The molecule has 0 radical (unpaired) electrons. The average molecular weight is 494 g/mol. The van der Waals surface area contributed by atoms with E-state index in [2.05, 4.69) is 0 Å². The molecule has 1 fully saturated rings. The fraction of sp³-hybridized carbons (Fsp3) is 0.130. The Morgan fingerprint density at radius 3 is 2.61 bits per heavy atom. The summed E-state index contributed by atoms with van der Waals surface area (Å²) in [5, 5.41) is -0.0420. The lowest BCUT2D eigenvalue weighted by atomic mass is 10.1. The van der Waals surface area contributed by atoms with Crippen LogP contribution in [-0.2, 0) is 11.0 Å². The second kappa shape index (κ2) is 9.36. The molecule has 2 heterocycles. The summed E-state index contributed by atoms with van der Waals surface area (Å²) in [6.07, 6.45) is -3.09. The van der Waals surface area contributed by atoms with Gasteiger partial charge in [0.1, 0.15) is 23.9 Å². The topological polar surface area (TPSA) is 59.8 Å². The molecule has 2 aromatic carbocycles. The van der Waals surface area contributed by atoms with Crippen molar-refractivity contribution in [2.75, 3.05) is 13.2 Å². The first-order valence-electron chi connectivity index (χ1n) is 9.62. The fourth-order valence-corrected chi connectivity index (χ4v) is 4.10. The number of thioether (sulfide) groups is 1. The van der Waals surface area contributed by atoms with E-state index in [9.17, 15) is 22.8 Å². The molecule has 3 aromatic rings. The molecule has 33 heavy (non-hydrogen) atoms. The summed E-state index contributed by atoms with van der Waals surface area (Å²) in [5.41, 5.74) is -0.549. The second-order valence-corrected chi connectivity index (χ2v) is 8.29. The Bertz CT molecular complexity index is 1240. The van der Waals surface area contributed by atoms with E-state index >= 15 is 0 Å². The summed E-state index contributed by atoms with van der Waals surface area (Å²) >= 11 is 6.76. The van der Waals surface area contributed by atoms with E-state index in [1.54, 1.807) is 24.3 Å². The van der Waals surface area contributed by atoms with Crippen LogP contribution in [0.1, 0.15) is 11.3 Å². The van der Waals surface area contributed by atoms with Gasteiger partial charge >= 0.3 is 6.18 Å². The molecule has 1 saturated heterocycles. The zero-order valence-corrected chi connectivity index (χ0v) is 18.3. The SMILES string of the molecule is O=C1S/C(=C\c2ccc(-c3cccc(C(F)(F)F)c3)o2)C(=O)N1CCOc1ccccc1Cl. The van der Waals surface area contributed by atoms with Gasteiger partial charge in [-0.15, -0.1) is 0 Å². The summed E-state index contributed by atoms with van der Waals surface area (Å²) < 4.78 is 50.0. The van der Waals surface area contributed by atoms with Crippen LogP contribution in [0.3, 0.4) is 0 Å². The highest BCUT2D eigenvalue weighted by atomic mass is 35.5. The lowest BCUT2D eigenvalue weighted by Gasteiger charge is -2.13. The molecule has 1 aliphatic heterocycles. The fourth-order valence-electron chi connectivity index (χ4n) is 3.07. The number of amides is 2. The van der Waals surface area contributed by atoms with E-state index in [-0.39, 0.29) is 35.1 Å². The Kier molecular flexibility index (Phi) is 6.53. The minimum absolute atomic E-state index is 0.0286. The van der Waals surface area contributed by atoms with Crippen molar-refractivity contribution in [2.24, 2.45) is 0 Å². The van der Waals surface area contributed by atoms with E-state index in [0.29, 0.717) is 10.8 Å². The van der Waals surface area contributed by atoms with Crippen LogP contribution in [0, 0.1) is 0 Å². The lowest BCUT2D eigenvalue weighted by Crippen LogP contribution is -2.32. The number of ether oxygens (including phenoxy) is 1. The molecule has 0 aliphatic carbocycles. The van der Waals surface area contributed by atoms with Crippen molar-refractivity contribution in [3.8, 4) is 17.1 Å². The highest BCUT2D eigenvalue weighted by Crippen LogP contribution is 2.35. The van der Waals surface area contributed by atoms with Gasteiger partial charge in [0, 0.05) is 11.6 Å². The number of imide groups is 1. The molecule has 170 valence electrons. The van der Waals surface area contributed by atoms with E-state index in [4.69, 9.17) is 20.8 Å². The molecule has 2 amide bonds. The van der Waals surface area contributed by atoms with Crippen molar-refractivity contribution in [3.05, 3.63) is 81.9 Å². The number of halogens is 4. The number of alkyl halides is 3. The number of furan rings is 1. The Morgan fingerprint density at radius 1 is 1.06 bits per heavy atom. The molecule has 0 unspecified atom stereocenters. The summed E-state index contributed by atoms with van der Waals surface area (Å²) in [5.74, 6) is 0.379. The summed E-state index contributed by atoms with van der Waals surface area (Å²) in [6.45, 7) is 0.0936. The summed E-state index contributed by atoms with van der Waals surface area (Å²) in [6, 6.07) is 14.6. The number of nitrogens with zero attached hydrogens (tertiary/aromatic N) is 1. The van der Waals surface area contributed by atoms with Crippen LogP contribution in [0.5, 0.6) is 5.75 Å². The molecule has 0 bridgehead atoms. The number of benzene rings is 2. The maximum atomic E-state index is 12.9. The average Bonchev–Trinajstić information content (AvgIpc) is 3.34. The monoisotopic (exact) mass is 493 g/mol. The number of hydrogen-bond donors (Lipinski definition) is 0.